The Morgan fingerprint density at radius 1 is 1.03 bits per heavy atom. The van der Waals surface area contributed by atoms with Gasteiger partial charge in [-0.1, -0.05) is 0 Å². The van der Waals surface area contributed by atoms with E-state index >= 15 is 0 Å². The zero-order chi connectivity index (χ0) is 27.2. The van der Waals surface area contributed by atoms with Gasteiger partial charge in [0.15, 0.2) is 0 Å². The number of pyridine rings is 1. The highest BCUT2D eigenvalue weighted by Gasteiger charge is 2.36. The number of aryl methyl sites for hydroxylation is 1. The van der Waals surface area contributed by atoms with E-state index in [9.17, 15) is 23.1 Å². The lowest BCUT2D eigenvalue weighted by molar-refractivity contribution is -0.137. The summed E-state index contributed by atoms with van der Waals surface area (Å²) in [5.41, 5.74) is -0.576. The van der Waals surface area contributed by atoms with Gasteiger partial charge in [-0.3, -0.25) is 4.79 Å². The molecule has 0 saturated carbocycles. The number of alkyl halides is 3. The summed E-state index contributed by atoms with van der Waals surface area (Å²) in [5.74, 6) is 0.885. The predicted molar refractivity (Wildman–Crippen MR) is 136 cm³/mol. The number of β-amino-alcohol motifs (C(OH)–C–C–N with tert-alkyl or cyclic N) is 1. The van der Waals surface area contributed by atoms with Crippen molar-refractivity contribution in [3.63, 3.8) is 0 Å². The number of ether oxygens (including phenoxy) is 2. The second kappa shape index (κ2) is 9.64. The molecule has 1 fully saturated rings. The van der Waals surface area contributed by atoms with E-state index in [0.717, 1.165) is 10.7 Å². The Kier molecular flexibility index (Phi) is 6.47. The Morgan fingerprint density at radius 2 is 1.74 bits per heavy atom. The molecule has 0 radical (unpaired) electrons. The molecule has 1 N–H and O–H groups in total. The molecule has 1 unspecified atom stereocenters. The average molecular weight is 527 g/mol. The molecule has 1 aliphatic rings. The van der Waals surface area contributed by atoms with E-state index in [2.05, 4.69) is 10.1 Å². The summed E-state index contributed by atoms with van der Waals surface area (Å²) >= 11 is 0. The molecule has 4 aromatic rings. The van der Waals surface area contributed by atoms with Crippen LogP contribution in [-0.2, 0) is 6.18 Å². The number of rotatable bonds is 5. The Balaban J connectivity index is 1.83. The minimum Gasteiger partial charge on any atom is -0.497 e. The van der Waals surface area contributed by atoms with Crippen LogP contribution in [0, 0.1) is 6.92 Å². The van der Waals surface area contributed by atoms with Crippen molar-refractivity contribution in [2.24, 2.45) is 0 Å². The Morgan fingerprint density at radius 3 is 2.34 bits per heavy atom. The van der Waals surface area contributed by atoms with Crippen LogP contribution in [0.3, 0.4) is 0 Å². The minimum absolute atomic E-state index is 0.0214. The highest BCUT2D eigenvalue weighted by atomic mass is 19.4. The molecule has 2 aromatic carbocycles. The van der Waals surface area contributed by atoms with Crippen LogP contribution in [0.2, 0.25) is 0 Å². The van der Waals surface area contributed by atoms with Gasteiger partial charge in [-0.05, 0) is 55.8 Å². The summed E-state index contributed by atoms with van der Waals surface area (Å²) in [6.45, 7) is 2.44. The quantitative estimate of drug-likeness (QED) is 0.413. The van der Waals surface area contributed by atoms with Crippen LogP contribution in [-0.4, -0.2) is 53.3 Å². The van der Waals surface area contributed by atoms with Crippen LogP contribution >= 0.6 is 0 Å². The third kappa shape index (κ3) is 4.65. The Labute approximate surface area is 215 Å². The maximum atomic E-state index is 14.2. The van der Waals surface area contributed by atoms with Crippen LogP contribution in [0.15, 0.2) is 53.3 Å². The third-order valence-electron chi connectivity index (χ3n) is 6.55. The lowest BCUT2D eigenvalue weighted by atomic mass is 10.1. The largest absolute Gasteiger partial charge is 0.497 e. The number of hydrogen-bond donors (Lipinski definition) is 1. The first-order valence-corrected chi connectivity index (χ1v) is 11.9. The zero-order valence-electron chi connectivity index (χ0n) is 20.9. The van der Waals surface area contributed by atoms with Crippen LogP contribution in [0.5, 0.6) is 11.5 Å². The summed E-state index contributed by atoms with van der Waals surface area (Å²) in [6, 6.07) is 11.9. The van der Waals surface area contributed by atoms with Gasteiger partial charge >= 0.3 is 6.18 Å². The number of methoxy groups -OCH3 is 2. The topological polar surface area (TPSA) is 89.7 Å². The van der Waals surface area contributed by atoms with Crippen molar-refractivity contribution in [1.29, 1.82) is 0 Å². The number of aliphatic hydroxyl groups is 1. The van der Waals surface area contributed by atoms with Gasteiger partial charge in [-0.25, -0.2) is 4.98 Å². The monoisotopic (exact) mass is 526 g/mol. The summed E-state index contributed by atoms with van der Waals surface area (Å²) in [7, 11) is 2.96. The number of anilines is 1. The first-order valence-electron chi connectivity index (χ1n) is 11.9. The predicted octanol–water partition coefficient (Wildman–Crippen LogP) is 4.36. The van der Waals surface area contributed by atoms with Gasteiger partial charge in [0.1, 0.15) is 22.7 Å². The van der Waals surface area contributed by atoms with Gasteiger partial charge in [-0.2, -0.15) is 23.0 Å². The maximum absolute atomic E-state index is 14.2. The van der Waals surface area contributed by atoms with Gasteiger partial charge in [-0.15, -0.1) is 0 Å². The van der Waals surface area contributed by atoms with Gasteiger partial charge in [0.2, 0.25) is 0 Å². The molecule has 0 bridgehead atoms. The summed E-state index contributed by atoms with van der Waals surface area (Å²) in [5, 5.41) is 14.8. The van der Waals surface area contributed by atoms with Crippen molar-refractivity contribution < 1.29 is 27.8 Å². The fourth-order valence-electron chi connectivity index (χ4n) is 4.64. The molecule has 5 rings (SSSR count). The molecule has 3 heterocycles. The number of fused-ring (bicyclic) bond motifs is 1. The molecule has 8 nitrogen and oxygen atoms in total. The second-order valence-corrected chi connectivity index (χ2v) is 9.10. The fourth-order valence-corrected chi connectivity index (χ4v) is 4.64. The molecule has 0 spiro atoms. The van der Waals surface area contributed by atoms with Crippen LogP contribution in [0.1, 0.15) is 17.7 Å². The van der Waals surface area contributed by atoms with E-state index in [0.29, 0.717) is 46.8 Å². The van der Waals surface area contributed by atoms with Crippen molar-refractivity contribution in [2.45, 2.75) is 25.6 Å². The molecule has 1 aliphatic heterocycles. The summed E-state index contributed by atoms with van der Waals surface area (Å²) in [4.78, 5) is 19.8. The second-order valence-electron chi connectivity index (χ2n) is 9.10. The van der Waals surface area contributed by atoms with E-state index in [4.69, 9.17) is 9.47 Å². The lowest BCUT2D eigenvalue weighted by Gasteiger charge is -2.22. The van der Waals surface area contributed by atoms with E-state index in [1.165, 1.54) is 26.4 Å². The molecular weight excluding hydrogens is 501 g/mol. The van der Waals surface area contributed by atoms with Gasteiger partial charge in [0, 0.05) is 41.5 Å². The first-order chi connectivity index (χ1) is 18.1. The number of benzene rings is 2. The van der Waals surface area contributed by atoms with Crippen molar-refractivity contribution in [3.05, 3.63) is 70.1 Å². The number of nitrogens with zero attached hydrogens (tertiary/aromatic N) is 4. The Hall–Kier alpha value is -4.12. The molecule has 2 aromatic heterocycles. The minimum atomic E-state index is -4.76. The molecule has 1 atom stereocenters. The number of hydrogen-bond acceptors (Lipinski definition) is 7. The zero-order valence-corrected chi connectivity index (χ0v) is 20.9. The smallest absolute Gasteiger partial charge is 0.418 e. The number of aliphatic hydroxyl groups excluding tert-OH is 1. The Bertz CT molecular complexity index is 1560. The van der Waals surface area contributed by atoms with Crippen LogP contribution < -0.4 is 19.9 Å². The fraction of sp³-hybridized carbons (Fsp3) is 0.296. The molecule has 1 saturated heterocycles. The average Bonchev–Trinajstić information content (AvgIpc) is 3.34. The molecule has 38 heavy (non-hydrogen) atoms. The molecule has 198 valence electrons. The van der Waals surface area contributed by atoms with Crippen molar-refractivity contribution in [1.82, 2.24) is 14.8 Å². The highest BCUT2D eigenvalue weighted by molar-refractivity contribution is 5.92. The van der Waals surface area contributed by atoms with Crippen molar-refractivity contribution in [3.8, 4) is 28.4 Å². The summed E-state index contributed by atoms with van der Waals surface area (Å²) in [6.07, 6.45) is -4.84. The van der Waals surface area contributed by atoms with Crippen LogP contribution in [0.4, 0.5) is 18.9 Å². The molecular formula is C27H25F3N4O4. The number of halogens is 3. The van der Waals surface area contributed by atoms with Gasteiger partial charge in [0.05, 0.1) is 31.6 Å². The van der Waals surface area contributed by atoms with E-state index in [-0.39, 0.29) is 17.8 Å². The van der Waals surface area contributed by atoms with Gasteiger partial charge in [0.25, 0.3) is 5.56 Å². The molecule has 11 heteroatoms. The molecule has 0 amide bonds. The SMILES string of the molecule is COc1cc(OC)cc(-c2nn(-c3cc(N4CCC(O)C4)ccc3C(F)(F)F)c(=O)c3nc(C)ccc23)c1. The van der Waals surface area contributed by atoms with E-state index in [1.54, 1.807) is 42.2 Å². The first kappa shape index (κ1) is 25.5. The number of aromatic nitrogens is 3. The third-order valence-corrected chi connectivity index (χ3v) is 6.55. The van der Waals surface area contributed by atoms with Crippen LogP contribution in [0.25, 0.3) is 27.8 Å². The summed E-state index contributed by atoms with van der Waals surface area (Å²) < 4.78 is 54.1. The van der Waals surface area contributed by atoms with Gasteiger partial charge < -0.3 is 19.5 Å². The van der Waals surface area contributed by atoms with E-state index in [1.807, 2.05) is 0 Å². The lowest BCUT2D eigenvalue weighted by Crippen LogP contribution is -2.27. The normalized spacial score (nSPS) is 15.8. The van der Waals surface area contributed by atoms with Crippen molar-refractivity contribution in [2.75, 3.05) is 32.2 Å². The standard InChI is InChI=1S/C27H25F3N4O4/c1-15-4-6-21-24(16-10-19(37-2)13-20(11-16)38-3)32-34(26(36)25(21)31-15)23-12-17(33-9-8-18(35)14-33)5-7-22(23)27(28,29)30/h4-7,10-13,18,35H,8-9,14H2,1-3H3. The molecule has 0 aliphatic carbocycles. The van der Waals surface area contributed by atoms with E-state index < -0.39 is 29.1 Å². The highest BCUT2D eigenvalue weighted by Crippen LogP contribution is 2.37. The van der Waals surface area contributed by atoms with Crippen molar-refractivity contribution >= 4 is 16.6 Å². The maximum Gasteiger partial charge on any atom is 0.418 e.